The first kappa shape index (κ1) is 8.43. The van der Waals surface area contributed by atoms with Crippen molar-refractivity contribution in [2.24, 2.45) is 0 Å². The van der Waals surface area contributed by atoms with Crippen LogP contribution in [0.4, 0.5) is 0 Å². The van der Waals surface area contributed by atoms with Crippen molar-refractivity contribution in [2.75, 3.05) is 14.1 Å². The van der Waals surface area contributed by atoms with Gasteiger partial charge in [0.1, 0.15) is 0 Å². The van der Waals surface area contributed by atoms with E-state index in [1.165, 1.54) is 0 Å². The smallest absolute Gasteiger partial charge is 0.151 e. The average molecular weight is 169 g/mol. The van der Waals surface area contributed by atoms with E-state index in [9.17, 15) is 4.79 Å². The third-order valence-electron chi connectivity index (χ3n) is 1.39. The van der Waals surface area contributed by atoms with Crippen molar-refractivity contribution < 1.29 is 4.79 Å². The summed E-state index contributed by atoms with van der Waals surface area (Å²) in [4.78, 5) is 12.5. The fourth-order valence-corrected chi connectivity index (χ4v) is 1.70. The lowest BCUT2D eigenvalue weighted by atomic mass is 10.2. The van der Waals surface area contributed by atoms with E-state index in [-0.39, 0.29) is 0 Å². The molecule has 0 aromatic carbocycles. The minimum atomic E-state index is 0.823. The molecule has 0 fully saturated rings. The zero-order chi connectivity index (χ0) is 8.27. The zero-order valence-electron chi connectivity index (χ0n) is 6.70. The van der Waals surface area contributed by atoms with Crippen LogP contribution in [-0.2, 0) is 6.54 Å². The molecule has 1 heterocycles. The summed E-state index contributed by atoms with van der Waals surface area (Å²) in [5.74, 6) is 0. The topological polar surface area (TPSA) is 20.3 Å². The van der Waals surface area contributed by atoms with Gasteiger partial charge in [-0.05, 0) is 25.0 Å². The van der Waals surface area contributed by atoms with Gasteiger partial charge >= 0.3 is 0 Å². The highest BCUT2D eigenvalue weighted by Crippen LogP contribution is 2.13. The van der Waals surface area contributed by atoms with Gasteiger partial charge in [-0.25, -0.2) is 0 Å². The Bertz CT molecular complexity index is 242. The molecule has 0 unspecified atom stereocenters. The van der Waals surface area contributed by atoms with Crippen LogP contribution in [0, 0.1) is 0 Å². The van der Waals surface area contributed by atoms with Crippen LogP contribution in [0.5, 0.6) is 0 Å². The molecule has 1 aromatic rings. The summed E-state index contributed by atoms with van der Waals surface area (Å²) in [5, 5.41) is 3.90. The first-order valence-corrected chi connectivity index (χ1v) is 4.33. The number of nitrogens with zero attached hydrogens (tertiary/aromatic N) is 1. The molecule has 0 aliphatic heterocycles. The Morgan fingerprint density at radius 3 is 2.82 bits per heavy atom. The molecule has 0 N–H and O–H groups in total. The van der Waals surface area contributed by atoms with Crippen LogP contribution < -0.4 is 0 Å². The molecule has 1 rings (SSSR count). The van der Waals surface area contributed by atoms with Gasteiger partial charge in [0.05, 0.1) is 0 Å². The molecule has 0 aliphatic rings. The molecule has 0 atom stereocenters. The van der Waals surface area contributed by atoms with Gasteiger partial charge in [0.25, 0.3) is 0 Å². The average Bonchev–Trinajstić information content (AvgIpc) is 2.34. The van der Waals surface area contributed by atoms with Crippen LogP contribution >= 0.6 is 11.3 Å². The zero-order valence-corrected chi connectivity index (χ0v) is 7.52. The van der Waals surface area contributed by atoms with Gasteiger partial charge in [0, 0.05) is 17.5 Å². The van der Waals surface area contributed by atoms with E-state index in [2.05, 4.69) is 4.90 Å². The Hall–Kier alpha value is -0.670. The Morgan fingerprint density at radius 1 is 1.55 bits per heavy atom. The van der Waals surface area contributed by atoms with Crippen LogP contribution in [0.15, 0.2) is 10.8 Å². The summed E-state index contributed by atoms with van der Waals surface area (Å²) in [6, 6.07) is 0. The van der Waals surface area contributed by atoms with Crippen molar-refractivity contribution in [3.63, 3.8) is 0 Å². The molecule has 0 bridgehead atoms. The maximum Gasteiger partial charge on any atom is 0.151 e. The summed E-state index contributed by atoms with van der Waals surface area (Å²) < 4.78 is 0. The molecule has 1 aromatic heterocycles. The molecule has 0 amide bonds. The first-order chi connectivity index (χ1) is 5.24. The number of hydrogen-bond acceptors (Lipinski definition) is 3. The van der Waals surface area contributed by atoms with Crippen molar-refractivity contribution in [1.82, 2.24) is 4.90 Å². The van der Waals surface area contributed by atoms with E-state index < -0.39 is 0 Å². The summed E-state index contributed by atoms with van der Waals surface area (Å²) >= 11 is 1.57. The molecule has 0 saturated heterocycles. The molecule has 3 heteroatoms. The lowest BCUT2D eigenvalue weighted by Crippen LogP contribution is -2.10. The minimum Gasteiger partial charge on any atom is -0.305 e. The van der Waals surface area contributed by atoms with Crippen LogP contribution in [0.1, 0.15) is 15.9 Å². The Morgan fingerprint density at radius 2 is 2.27 bits per heavy atom. The molecule has 60 valence electrons. The highest BCUT2D eigenvalue weighted by molar-refractivity contribution is 7.08. The fourth-order valence-electron chi connectivity index (χ4n) is 0.906. The number of thiophene rings is 1. The van der Waals surface area contributed by atoms with E-state index in [0.717, 1.165) is 24.0 Å². The monoisotopic (exact) mass is 169 g/mol. The molecule has 0 radical (unpaired) electrons. The van der Waals surface area contributed by atoms with E-state index in [4.69, 9.17) is 0 Å². The predicted molar refractivity (Wildman–Crippen MR) is 47.1 cm³/mol. The number of rotatable bonds is 3. The fraction of sp³-hybridized carbons (Fsp3) is 0.375. The molecule has 11 heavy (non-hydrogen) atoms. The normalized spacial score (nSPS) is 10.5. The summed E-state index contributed by atoms with van der Waals surface area (Å²) in [7, 11) is 3.98. The maximum atomic E-state index is 10.5. The molecular weight excluding hydrogens is 158 g/mol. The molecule has 0 saturated carbocycles. The van der Waals surface area contributed by atoms with Crippen LogP contribution in [0.3, 0.4) is 0 Å². The highest BCUT2D eigenvalue weighted by atomic mass is 32.1. The van der Waals surface area contributed by atoms with Gasteiger partial charge in [-0.2, -0.15) is 11.3 Å². The Labute approximate surface area is 70.5 Å². The highest BCUT2D eigenvalue weighted by Gasteiger charge is 2.02. The number of carbonyl (C=O) groups is 1. The first-order valence-electron chi connectivity index (χ1n) is 3.39. The predicted octanol–water partition coefficient (Wildman–Crippen LogP) is 1.62. The summed E-state index contributed by atoms with van der Waals surface area (Å²) in [6.07, 6.45) is 0.912. The summed E-state index contributed by atoms with van der Waals surface area (Å²) in [6.45, 7) is 0.845. The van der Waals surface area contributed by atoms with Crippen molar-refractivity contribution in [3.05, 3.63) is 21.9 Å². The van der Waals surface area contributed by atoms with Gasteiger partial charge in [-0.15, -0.1) is 0 Å². The van der Waals surface area contributed by atoms with Gasteiger partial charge < -0.3 is 4.90 Å². The molecule has 0 aliphatic carbocycles. The van der Waals surface area contributed by atoms with E-state index in [0.29, 0.717) is 0 Å². The van der Waals surface area contributed by atoms with E-state index in [1.54, 1.807) is 11.3 Å². The van der Waals surface area contributed by atoms with E-state index in [1.807, 2.05) is 24.9 Å². The largest absolute Gasteiger partial charge is 0.305 e. The second-order valence-corrected chi connectivity index (χ2v) is 3.45. The Kier molecular flexibility index (Phi) is 2.79. The van der Waals surface area contributed by atoms with Crippen molar-refractivity contribution in [1.29, 1.82) is 0 Å². The second kappa shape index (κ2) is 3.64. The molecule has 2 nitrogen and oxygen atoms in total. The van der Waals surface area contributed by atoms with Gasteiger partial charge in [0.15, 0.2) is 6.29 Å². The quantitative estimate of drug-likeness (QED) is 0.641. The number of hydrogen-bond donors (Lipinski definition) is 0. The van der Waals surface area contributed by atoms with Crippen molar-refractivity contribution in [2.45, 2.75) is 6.54 Å². The third kappa shape index (κ3) is 2.13. The number of aldehydes is 1. The van der Waals surface area contributed by atoms with E-state index >= 15 is 0 Å². The van der Waals surface area contributed by atoms with Crippen molar-refractivity contribution in [3.8, 4) is 0 Å². The molecular formula is C8H11NOS. The lowest BCUT2D eigenvalue weighted by molar-refractivity contribution is 0.112. The van der Waals surface area contributed by atoms with Crippen molar-refractivity contribution >= 4 is 17.6 Å². The van der Waals surface area contributed by atoms with Gasteiger partial charge in [0.2, 0.25) is 0 Å². The summed E-state index contributed by atoms with van der Waals surface area (Å²) in [5.41, 5.74) is 1.94. The van der Waals surface area contributed by atoms with Crippen LogP contribution in [0.25, 0.3) is 0 Å². The van der Waals surface area contributed by atoms with Gasteiger partial charge in [-0.1, -0.05) is 0 Å². The lowest BCUT2D eigenvalue weighted by Gasteiger charge is -2.07. The van der Waals surface area contributed by atoms with Gasteiger partial charge in [-0.3, -0.25) is 4.79 Å². The SMILES string of the molecule is CN(C)Cc1cscc1C=O. The third-order valence-corrected chi connectivity index (χ3v) is 2.20. The second-order valence-electron chi connectivity index (χ2n) is 2.71. The Balaban J connectivity index is 2.76. The molecule has 0 spiro atoms. The maximum absolute atomic E-state index is 10.5. The standard InChI is InChI=1S/C8H11NOS/c1-9(2)3-7-5-11-6-8(7)4-10/h4-6H,3H2,1-2H3. The van der Waals surface area contributed by atoms with Crippen LogP contribution in [-0.4, -0.2) is 25.3 Å². The minimum absolute atomic E-state index is 0.823. The van der Waals surface area contributed by atoms with Crippen LogP contribution in [0.2, 0.25) is 0 Å². The number of carbonyl (C=O) groups excluding carboxylic acids is 1.